The molecule has 0 aromatic rings. The highest BCUT2D eigenvalue weighted by molar-refractivity contribution is 5.76. The molecule has 2 aliphatic heterocycles. The minimum atomic E-state index is 0.373. The smallest absolute Gasteiger partial charge is 0.223 e. The van der Waals surface area contributed by atoms with E-state index in [4.69, 9.17) is 0 Å². The lowest BCUT2D eigenvalue weighted by atomic mass is 10.1. The van der Waals surface area contributed by atoms with Crippen LogP contribution in [0.1, 0.15) is 38.5 Å². The molecule has 3 nitrogen and oxygen atoms in total. The molecule has 0 atom stereocenters. The molecule has 2 heterocycles. The number of piperidine rings is 1. The molecule has 0 aromatic carbocycles. The number of hydrogen-bond acceptors (Lipinski definition) is 2. The molecule has 3 heteroatoms. The van der Waals surface area contributed by atoms with Crippen LogP contribution >= 0.6 is 0 Å². The maximum atomic E-state index is 11.8. The third-order valence-electron chi connectivity index (χ3n) is 3.55. The zero-order valence-electron chi connectivity index (χ0n) is 9.58. The van der Waals surface area contributed by atoms with Crippen molar-refractivity contribution >= 4 is 5.91 Å². The highest BCUT2D eigenvalue weighted by Gasteiger charge is 2.18. The fourth-order valence-corrected chi connectivity index (χ4v) is 2.56. The first-order chi connectivity index (χ1) is 7.36. The van der Waals surface area contributed by atoms with Gasteiger partial charge in [-0.15, -0.1) is 0 Å². The third-order valence-corrected chi connectivity index (χ3v) is 3.55. The van der Waals surface area contributed by atoms with Gasteiger partial charge in [0, 0.05) is 26.1 Å². The first-order valence-electron chi connectivity index (χ1n) is 6.36. The average Bonchev–Trinajstić information content (AvgIpc) is 2.81. The summed E-state index contributed by atoms with van der Waals surface area (Å²) < 4.78 is 0. The predicted molar refractivity (Wildman–Crippen MR) is 60.7 cm³/mol. The second-order valence-electron chi connectivity index (χ2n) is 4.74. The molecule has 86 valence electrons. The molecule has 2 rings (SSSR count). The molecular weight excluding hydrogens is 188 g/mol. The van der Waals surface area contributed by atoms with E-state index < -0.39 is 0 Å². The van der Waals surface area contributed by atoms with Crippen molar-refractivity contribution in [3.8, 4) is 0 Å². The van der Waals surface area contributed by atoms with Crippen LogP contribution in [0.5, 0.6) is 0 Å². The number of rotatable bonds is 3. The predicted octanol–water partition coefficient (Wildman–Crippen LogP) is 1.48. The molecule has 0 aromatic heterocycles. The van der Waals surface area contributed by atoms with Crippen LogP contribution in [0.25, 0.3) is 0 Å². The average molecular weight is 210 g/mol. The Hall–Kier alpha value is -0.570. The number of carbonyl (C=O) groups excluding carboxylic acids is 1. The van der Waals surface area contributed by atoms with E-state index in [9.17, 15) is 4.79 Å². The van der Waals surface area contributed by atoms with Gasteiger partial charge in [0.2, 0.25) is 5.91 Å². The van der Waals surface area contributed by atoms with Gasteiger partial charge in [0.05, 0.1) is 0 Å². The summed E-state index contributed by atoms with van der Waals surface area (Å²) in [7, 11) is 0. The number of nitrogens with zero attached hydrogens (tertiary/aromatic N) is 2. The van der Waals surface area contributed by atoms with Gasteiger partial charge in [0.25, 0.3) is 0 Å². The van der Waals surface area contributed by atoms with Crippen LogP contribution in [0.3, 0.4) is 0 Å². The molecule has 1 amide bonds. The highest BCUT2D eigenvalue weighted by Crippen LogP contribution is 2.11. The molecule has 2 saturated heterocycles. The van der Waals surface area contributed by atoms with Crippen molar-refractivity contribution in [3.63, 3.8) is 0 Å². The molecule has 0 bridgehead atoms. The van der Waals surface area contributed by atoms with E-state index in [2.05, 4.69) is 4.90 Å². The minimum Gasteiger partial charge on any atom is -0.343 e. The fraction of sp³-hybridized carbons (Fsp3) is 0.917. The summed E-state index contributed by atoms with van der Waals surface area (Å²) in [6.45, 7) is 5.38. The largest absolute Gasteiger partial charge is 0.343 e. The number of carbonyl (C=O) groups is 1. The van der Waals surface area contributed by atoms with Crippen molar-refractivity contribution in [2.75, 3.05) is 32.7 Å². The van der Waals surface area contributed by atoms with Crippen LogP contribution in [0.2, 0.25) is 0 Å². The monoisotopic (exact) mass is 210 g/mol. The van der Waals surface area contributed by atoms with Gasteiger partial charge >= 0.3 is 0 Å². The van der Waals surface area contributed by atoms with Crippen molar-refractivity contribution in [1.82, 2.24) is 9.80 Å². The molecule has 0 aliphatic carbocycles. The first kappa shape index (κ1) is 10.9. The maximum Gasteiger partial charge on any atom is 0.223 e. The molecule has 2 fully saturated rings. The van der Waals surface area contributed by atoms with Crippen molar-refractivity contribution in [1.29, 1.82) is 0 Å². The summed E-state index contributed by atoms with van der Waals surface area (Å²) in [6, 6.07) is 0. The number of amides is 1. The standard InChI is InChI=1S/C12H22N2O/c15-12(14-9-4-5-10-14)6-11-13-7-2-1-3-8-13/h1-11H2. The second-order valence-corrected chi connectivity index (χ2v) is 4.74. The molecule has 0 radical (unpaired) electrons. The Labute approximate surface area is 92.4 Å². The van der Waals surface area contributed by atoms with Crippen LogP contribution in [0.4, 0.5) is 0 Å². The maximum absolute atomic E-state index is 11.8. The van der Waals surface area contributed by atoms with Crippen LogP contribution in [-0.4, -0.2) is 48.4 Å². The summed E-state index contributed by atoms with van der Waals surface area (Å²) >= 11 is 0. The summed E-state index contributed by atoms with van der Waals surface area (Å²) in [5.74, 6) is 0.373. The third kappa shape index (κ3) is 3.20. The second kappa shape index (κ2) is 5.50. The molecule has 0 unspecified atom stereocenters. The summed E-state index contributed by atoms with van der Waals surface area (Å²) in [4.78, 5) is 16.3. The summed E-state index contributed by atoms with van der Waals surface area (Å²) in [5, 5.41) is 0. The van der Waals surface area contributed by atoms with E-state index in [1.807, 2.05) is 4.90 Å². The molecular formula is C12H22N2O. The van der Waals surface area contributed by atoms with Gasteiger partial charge in [-0.25, -0.2) is 0 Å². The van der Waals surface area contributed by atoms with Crippen molar-refractivity contribution in [3.05, 3.63) is 0 Å². The van der Waals surface area contributed by atoms with Crippen LogP contribution in [0, 0.1) is 0 Å². The lowest BCUT2D eigenvalue weighted by molar-refractivity contribution is -0.130. The van der Waals surface area contributed by atoms with Gasteiger partial charge in [-0.05, 0) is 38.8 Å². The zero-order valence-corrected chi connectivity index (χ0v) is 9.58. The minimum absolute atomic E-state index is 0.373. The molecule has 0 spiro atoms. The van der Waals surface area contributed by atoms with Crippen molar-refractivity contribution < 1.29 is 4.79 Å². The van der Waals surface area contributed by atoms with Gasteiger partial charge in [-0.3, -0.25) is 4.79 Å². The van der Waals surface area contributed by atoms with Gasteiger partial charge in [0.1, 0.15) is 0 Å². The Balaban J connectivity index is 1.65. The number of hydrogen-bond donors (Lipinski definition) is 0. The van der Waals surface area contributed by atoms with Gasteiger partial charge in [-0.1, -0.05) is 6.42 Å². The van der Waals surface area contributed by atoms with Crippen LogP contribution in [0.15, 0.2) is 0 Å². The Kier molecular flexibility index (Phi) is 4.01. The molecule has 0 N–H and O–H groups in total. The van der Waals surface area contributed by atoms with Gasteiger partial charge in [0.15, 0.2) is 0 Å². The van der Waals surface area contributed by atoms with E-state index in [0.717, 1.165) is 26.1 Å². The topological polar surface area (TPSA) is 23.6 Å². The summed E-state index contributed by atoms with van der Waals surface area (Å²) in [5.41, 5.74) is 0. The quantitative estimate of drug-likeness (QED) is 0.704. The lowest BCUT2D eigenvalue weighted by Crippen LogP contribution is -2.35. The van der Waals surface area contributed by atoms with E-state index in [1.54, 1.807) is 0 Å². The highest BCUT2D eigenvalue weighted by atomic mass is 16.2. The molecule has 2 aliphatic rings. The Morgan fingerprint density at radius 2 is 1.47 bits per heavy atom. The zero-order chi connectivity index (χ0) is 10.5. The van der Waals surface area contributed by atoms with Crippen molar-refractivity contribution in [2.45, 2.75) is 38.5 Å². The Bertz CT molecular complexity index is 206. The van der Waals surface area contributed by atoms with E-state index in [1.165, 1.54) is 45.2 Å². The molecule has 15 heavy (non-hydrogen) atoms. The van der Waals surface area contributed by atoms with Gasteiger partial charge < -0.3 is 9.80 Å². The first-order valence-corrected chi connectivity index (χ1v) is 6.36. The lowest BCUT2D eigenvalue weighted by Gasteiger charge is -2.26. The van der Waals surface area contributed by atoms with Crippen LogP contribution < -0.4 is 0 Å². The molecule has 0 saturated carbocycles. The van der Waals surface area contributed by atoms with Gasteiger partial charge in [-0.2, -0.15) is 0 Å². The van der Waals surface area contributed by atoms with E-state index in [0.29, 0.717) is 5.91 Å². The van der Waals surface area contributed by atoms with E-state index in [-0.39, 0.29) is 0 Å². The fourth-order valence-electron chi connectivity index (χ4n) is 2.56. The SMILES string of the molecule is O=C(CCN1CCCCC1)N1CCCC1. The van der Waals surface area contributed by atoms with E-state index >= 15 is 0 Å². The normalized spacial score (nSPS) is 23.3. The van der Waals surface area contributed by atoms with Crippen molar-refractivity contribution in [2.24, 2.45) is 0 Å². The summed E-state index contributed by atoms with van der Waals surface area (Å²) in [6.07, 6.45) is 7.15. The number of likely N-dealkylation sites (tertiary alicyclic amines) is 2. The Morgan fingerprint density at radius 1 is 0.867 bits per heavy atom. The Morgan fingerprint density at radius 3 is 2.13 bits per heavy atom. The van der Waals surface area contributed by atoms with Crippen LogP contribution in [-0.2, 0) is 4.79 Å².